The van der Waals surface area contributed by atoms with Gasteiger partial charge in [-0.2, -0.15) is 8.78 Å². The highest BCUT2D eigenvalue weighted by Crippen LogP contribution is 2.31. The van der Waals surface area contributed by atoms with Crippen molar-refractivity contribution in [1.82, 2.24) is 25.1 Å². The number of pyridine rings is 1. The van der Waals surface area contributed by atoms with Crippen LogP contribution in [0.2, 0.25) is 0 Å². The summed E-state index contributed by atoms with van der Waals surface area (Å²) < 4.78 is 31.0. The number of aromatic nitrogens is 2. The third kappa shape index (κ3) is 5.79. The van der Waals surface area contributed by atoms with Gasteiger partial charge in [-0.3, -0.25) is 19.4 Å². The summed E-state index contributed by atoms with van der Waals surface area (Å²) >= 11 is 0. The molecule has 4 heterocycles. The van der Waals surface area contributed by atoms with E-state index in [1.807, 2.05) is 44.2 Å². The molecule has 0 aliphatic carbocycles. The predicted molar refractivity (Wildman–Crippen MR) is 160 cm³/mol. The second-order valence-corrected chi connectivity index (χ2v) is 11.6. The van der Waals surface area contributed by atoms with Gasteiger partial charge >= 0.3 is 6.61 Å². The first kappa shape index (κ1) is 29.4. The molecule has 11 heteroatoms. The van der Waals surface area contributed by atoms with E-state index in [4.69, 9.17) is 4.74 Å². The molecular weight excluding hydrogens is 568 g/mol. The number of amides is 3. The number of rotatable bonds is 8. The van der Waals surface area contributed by atoms with E-state index >= 15 is 0 Å². The zero-order valence-electron chi connectivity index (χ0n) is 24.6. The maximum Gasteiger partial charge on any atom is 0.345 e. The zero-order chi connectivity index (χ0) is 31.1. The van der Waals surface area contributed by atoms with Gasteiger partial charge in [0.05, 0.1) is 12.1 Å². The van der Waals surface area contributed by atoms with Gasteiger partial charge in [0.2, 0.25) is 11.8 Å². The standard InChI is InChI=1S/C33H33F2N5O4/c1-18-4-6-25(19(2)10-18)21-5-7-26-23(11-21)15-39(32(26)43)17-30(41)40-16-24(44-33(34)35)13-29(40)31(42)37-20(3)28-12-22-14-36-9-8-27(22)38-28/h4-12,14,20,24,29,33,38H,13,15-17H2,1-3H3,(H,37,42)/t20-,24-,29+/m1/s1. The first-order chi connectivity index (χ1) is 21.1. The number of hydrogen-bond donors (Lipinski definition) is 2. The molecule has 3 atom stereocenters. The number of nitrogens with one attached hydrogen (secondary N) is 2. The van der Waals surface area contributed by atoms with Crippen molar-refractivity contribution in [3.8, 4) is 11.1 Å². The fourth-order valence-electron chi connectivity index (χ4n) is 6.25. The first-order valence-corrected chi connectivity index (χ1v) is 14.5. The SMILES string of the molecule is Cc1ccc(-c2ccc3c(c2)CN(CC(=O)N2C[C@H](OC(F)F)C[C@H]2C(=O)N[C@H](C)c2cc4cnccc4[nH]2)C3=O)c(C)c1. The van der Waals surface area contributed by atoms with Gasteiger partial charge in [0.25, 0.3) is 5.91 Å². The molecule has 1 saturated heterocycles. The number of fused-ring (bicyclic) bond motifs is 2. The molecule has 0 saturated carbocycles. The number of nitrogens with zero attached hydrogens (tertiary/aromatic N) is 3. The molecule has 4 aromatic rings. The maximum atomic E-state index is 13.6. The van der Waals surface area contributed by atoms with Gasteiger partial charge in [-0.25, -0.2) is 0 Å². The van der Waals surface area contributed by atoms with Gasteiger partial charge < -0.3 is 24.8 Å². The third-order valence-electron chi connectivity index (χ3n) is 8.45. The van der Waals surface area contributed by atoms with Crippen molar-refractivity contribution in [1.29, 1.82) is 0 Å². The molecular formula is C33H33F2N5O4. The third-order valence-corrected chi connectivity index (χ3v) is 8.45. The van der Waals surface area contributed by atoms with E-state index < -0.39 is 36.6 Å². The molecule has 228 valence electrons. The molecule has 2 aromatic heterocycles. The molecule has 0 unspecified atom stereocenters. The molecule has 2 N–H and O–H groups in total. The monoisotopic (exact) mass is 601 g/mol. The first-order valence-electron chi connectivity index (χ1n) is 14.5. The number of hydrogen-bond acceptors (Lipinski definition) is 5. The molecule has 44 heavy (non-hydrogen) atoms. The second kappa shape index (κ2) is 11.8. The number of ether oxygens (including phenoxy) is 1. The highest BCUT2D eigenvalue weighted by atomic mass is 19.3. The van der Waals surface area contributed by atoms with Gasteiger partial charge in [0.1, 0.15) is 12.6 Å². The molecule has 2 aliphatic rings. The number of aryl methyl sites for hydroxylation is 2. The Hall–Kier alpha value is -4.64. The lowest BCUT2D eigenvalue weighted by Gasteiger charge is -2.27. The Labute approximate surface area is 253 Å². The fourth-order valence-corrected chi connectivity index (χ4v) is 6.25. The van der Waals surface area contributed by atoms with Crippen LogP contribution in [0.3, 0.4) is 0 Å². The van der Waals surface area contributed by atoms with Crippen molar-refractivity contribution < 1.29 is 27.9 Å². The number of alkyl halides is 2. The van der Waals surface area contributed by atoms with Crippen LogP contribution in [-0.4, -0.2) is 69.3 Å². The quantitative estimate of drug-likeness (QED) is 0.299. The van der Waals surface area contributed by atoms with Gasteiger partial charge in [0.15, 0.2) is 0 Å². The number of benzene rings is 2. The number of likely N-dealkylation sites (tertiary alicyclic amines) is 1. The molecule has 1 fully saturated rings. The van der Waals surface area contributed by atoms with Crippen LogP contribution in [0.4, 0.5) is 8.78 Å². The van der Waals surface area contributed by atoms with Gasteiger partial charge in [-0.15, -0.1) is 0 Å². The van der Waals surface area contributed by atoms with E-state index in [2.05, 4.69) is 27.4 Å². The van der Waals surface area contributed by atoms with Crippen molar-refractivity contribution in [2.24, 2.45) is 0 Å². The number of carbonyl (C=O) groups excluding carboxylic acids is 3. The van der Waals surface area contributed by atoms with Crippen molar-refractivity contribution >= 4 is 28.6 Å². The summed E-state index contributed by atoms with van der Waals surface area (Å²) in [5.41, 5.74) is 7.24. The van der Waals surface area contributed by atoms with Crippen LogP contribution in [0.5, 0.6) is 0 Å². The molecule has 2 aliphatic heterocycles. The summed E-state index contributed by atoms with van der Waals surface area (Å²) in [4.78, 5) is 50.3. The summed E-state index contributed by atoms with van der Waals surface area (Å²) in [6, 6.07) is 14.0. The van der Waals surface area contributed by atoms with Crippen LogP contribution in [-0.2, 0) is 20.9 Å². The Morgan fingerprint density at radius 3 is 2.66 bits per heavy atom. The average Bonchev–Trinajstić information content (AvgIpc) is 3.68. The van der Waals surface area contributed by atoms with Gasteiger partial charge in [-0.1, -0.05) is 29.8 Å². The number of carbonyl (C=O) groups is 3. The molecule has 0 radical (unpaired) electrons. The van der Waals surface area contributed by atoms with E-state index in [0.29, 0.717) is 5.56 Å². The number of H-pyrrole nitrogens is 1. The minimum Gasteiger partial charge on any atom is -0.357 e. The van der Waals surface area contributed by atoms with Crippen molar-refractivity contribution in [2.75, 3.05) is 13.1 Å². The van der Waals surface area contributed by atoms with Crippen LogP contribution >= 0.6 is 0 Å². The van der Waals surface area contributed by atoms with E-state index in [1.54, 1.807) is 25.4 Å². The molecule has 9 nitrogen and oxygen atoms in total. The van der Waals surface area contributed by atoms with Crippen LogP contribution in [0.1, 0.15) is 52.1 Å². The van der Waals surface area contributed by atoms with Crippen molar-refractivity contribution in [3.05, 3.63) is 88.9 Å². The highest BCUT2D eigenvalue weighted by Gasteiger charge is 2.42. The Kier molecular flexibility index (Phi) is 7.89. The summed E-state index contributed by atoms with van der Waals surface area (Å²) in [5.74, 6) is -1.29. The van der Waals surface area contributed by atoms with E-state index in [1.165, 1.54) is 9.80 Å². The zero-order valence-corrected chi connectivity index (χ0v) is 24.6. The van der Waals surface area contributed by atoms with E-state index in [-0.39, 0.29) is 32.0 Å². The normalized spacial score (nSPS) is 18.7. The Morgan fingerprint density at radius 2 is 1.91 bits per heavy atom. The van der Waals surface area contributed by atoms with E-state index in [0.717, 1.165) is 44.4 Å². The van der Waals surface area contributed by atoms with Crippen LogP contribution in [0, 0.1) is 13.8 Å². The lowest BCUT2D eigenvalue weighted by atomic mass is 9.96. The maximum absolute atomic E-state index is 13.6. The van der Waals surface area contributed by atoms with Crippen molar-refractivity contribution in [2.45, 2.75) is 58.5 Å². The predicted octanol–water partition coefficient (Wildman–Crippen LogP) is 4.89. The van der Waals surface area contributed by atoms with Gasteiger partial charge in [0, 0.05) is 54.1 Å². The largest absolute Gasteiger partial charge is 0.357 e. The minimum atomic E-state index is -3.04. The van der Waals surface area contributed by atoms with Crippen LogP contribution in [0.15, 0.2) is 60.9 Å². The van der Waals surface area contributed by atoms with E-state index in [9.17, 15) is 23.2 Å². The Bertz CT molecular complexity index is 1720. The van der Waals surface area contributed by atoms with Crippen LogP contribution in [0.25, 0.3) is 22.0 Å². The van der Waals surface area contributed by atoms with Gasteiger partial charge in [-0.05, 0) is 67.3 Å². The molecule has 0 bridgehead atoms. The lowest BCUT2D eigenvalue weighted by Crippen LogP contribution is -2.49. The molecule has 0 spiro atoms. The highest BCUT2D eigenvalue weighted by molar-refractivity contribution is 6.01. The van der Waals surface area contributed by atoms with Crippen molar-refractivity contribution in [3.63, 3.8) is 0 Å². The summed E-state index contributed by atoms with van der Waals surface area (Å²) in [6.45, 7) is 2.58. The molecule has 6 rings (SSSR count). The summed E-state index contributed by atoms with van der Waals surface area (Å²) in [7, 11) is 0. The van der Waals surface area contributed by atoms with Crippen LogP contribution < -0.4 is 5.32 Å². The Balaban J connectivity index is 1.16. The minimum absolute atomic E-state index is 0.0846. The number of halogens is 2. The summed E-state index contributed by atoms with van der Waals surface area (Å²) in [5, 5.41) is 3.77. The second-order valence-electron chi connectivity index (χ2n) is 11.6. The lowest BCUT2D eigenvalue weighted by molar-refractivity contribution is -0.160. The smallest absolute Gasteiger partial charge is 0.345 e. The molecule has 2 aromatic carbocycles. The summed E-state index contributed by atoms with van der Waals surface area (Å²) in [6.07, 6.45) is 2.26. The topological polar surface area (TPSA) is 108 Å². The molecule has 3 amide bonds. The fraction of sp³-hybridized carbons (Fsp3) is 0.333. The number of aromatic amines is 1. The Morgan fingerprint density at radius 1 is 1.11 bits per heavy atom. The average molecular weight is 602 g/mol.